The van der Waals surface area contributed by atoms with Crippen LogP contribution in [0.5, 0.6) is 0 Å². The van der Waals surface area contributed by atoms with Gasteiger partial charge in [-0.05, 0) is 12.0 Å². The van der Waals surface area contributed by atoms with Crippen LogP contribution in [0.15, 0.2) is 23.1 Å². The van der Waals surface area contributed by atoms with Crippen LogP contribution in [0, 0.1) is 5.92 Å². The van der Waals surface area contributed by atoms with E-state index in [-0.39, 0.29) is 23.9 Å². The number of nitrogens with zero attached hydrogens (tertiary/aromatic N) is 1. The molecule has 0 saturated carbocycles. The average molecular weight is 252 g/mol. The molecule has 100 valence electrons. The zero-order valence-electron chi connectivity index (χ0n) is 11.0. The number of nitrogens with one attached hydrogen (secondary N) is 1. The fourth-order valence-electron chi connectivity index (χ4n) is 1.46. The lowest BCUT2D eigenvalue weighted by atomic mass is 10.0. The van der Waals surface area contributed by atoms with E-state index in [0.29, 0.717) is 5.56 Å². The van der Waals surface area contributed by atoms with Crippen molar-refractivity contribution in [2.75, 3.05) is 6.54 Å². The molecule has 2 atom stereocenters. The first kappa shape index (κ1) is 14.4. The van der Waals surface area contributed by atoms with Crippen molar-refractivity contribution in [2.24, 2.45) is 13.0 Å². The summed E-state index contributed by atoms with van der Waals surface area (Å²) in [5.41, 5.74) is 0.0829. The Kier molecular flexibility index (Phi) is 5.09. The molecule has 0 spiro atoms. The SMILES string of the molecule is CCC(C)C(O)CNC(=O)c1ccn(C)c(=O)c1. The average Bonchev–Trinajstić information content (AvgIpc) is 2.37. The molecule has 0 aromatic carbocycles. The van der Waals surface area contributed by atoms with Gasteiger partial charge in [0.1, 0.15) is 0 Å². The fraction of sp³-hybridized carbons (Fsp3) is 0.538. The maximum absolute atomic E-state index is 11.8. The Morgan fingerprint density at radius 2 is 2.22 bits per heavy atom. The minimum Gasteiger partial charge on any atom is -0.391 e. The molecule has 0 fully saturated rings. The topological polar surface area (TPSA) is 71.3 Å². The zero-order chi connectivity index (χ0) is 13.7. The standard InChI is InChI=1S/C13H20N2O3/c1-4-9(2)11(16)8-14-13(18)10-5-6-15(3)12(17)7-10/h5-7,9,11,16H,4,8H2,1-3H3,(H,14,18). The van der Waals surface area contributed by atoms with E-state index in [0.717, 1.165) is 6.42 Å². The highest BCUT2D eigenvalue weighted by Crippen LogP contribution is 2.06. The summed E-state index contributed by atoms with van der Waals surface area (Å²) in [5, 5.41) is 12.4. The maximum Gasteiger partial charge on any atom is 0.251 e. The van der Waals surface area contributed by atoms with Crippen molar-refractivity contribution < 1.29 is 9.90 Å². The van der Waals surface area contributed by atoms with Gasteiger partial charge in [0.2, 0.25) is 0 Å². The molecule has 2 unspecified atom stereocenters. The fourth-order valence-corrected chi connectivity index (χ4v) is 1.46. The molecule has 1 amide bonds. The number of carbonyl (C=O) groups excluding carboxylic acids is 1. The second-order valence-corrected chi connectivity index (χ2v) is 4.53. The molecule has 0 aliphatic carbocycles. The maximum atomic E-state index is 11.8. The summed E-state index contributed by atoms with van der Waals surface area (Å²) < 4.78 is 1.39. The molecule has 1 aromatic rings. The van der Waals surface area contributed by atoms with E-state index in [9.17, 15) is 14.7 Å². The Labute approximate surface area is 106 Å². The van der Waals surface area contributed by atoms with E-state index < -0.39 is 6.10 Å². The molecule has 0 aliphatic rings. The summed E-state index contributed by atoms with van der Waals surface area (Å²) in [5.74, 6) is -0.205. The number of rotatable bonds is 5. The molecular weight excluding hydrogens is 232 g/mol. The molecular formula is C13H20N2O3. The van der Waals surface area contributed by atoms with Crippen molar-refractivity contribution in [3.8, 4) is 0 Å². The van der Waals surface area contributed by atoms with Crippen LogP contribution in [0.25, 0.3) is 0 Å². The number of aryl methyl sites for hydroxylation is 1. The number of carbonyl (C=O) groups is 1. The van der Waals surface area contributed by atoms with E-state index in [1.807, 2.05) is 13.8 Å². The third kappa shape index (κ3) is 3.70. The van der Waals surface area contributed by atoms with Gasteiger partial charge in [0.25, 0.3) is 11.5 Å². The van der Waals surface area contributed by atoms with Gasteiger partial charge in [-0.2, -0.15) is 0 Å². The smallest absolute Gasteiger partial charge is 0.251 e. The molecule has 0 radical (unpaired) electrons. The number of amides is 1. The third-order valence-electron chi connectivity index (χ3n) is 3.14. The molecule has 0 bridgehead atoms. The van der Waals surface area contributed by atoms with Crippen LogP contribution < -0.4 is 10.9 Å². The molecule has 1 rings (SSSR count). The van der Waals surface area contributed by atoms with Crippen molar-refractivity contribution in [3.63, 3.8) is 0 Å². The van der Waals surface area contributed by atoms with Crippen LogP contribution in [0.3, 0.4) is 0 Å². The predicted octanol–water partition coefficient (Wildman–Crippen LogP) is 0.522. The number of aromatic nitrogens is 1. The van der Waals surface area contributed by atoms with Crippen LogP contribution in [0.1, 0.15) is 30.6 Å². The Morgan fingerprint density at radius 1 is 1.56 bits per heavy atom. The van der Waals surface area contributed by atoms with Gasteiger partial charge in [0, 0.05) is 31.4 Å². The lowest BCUT2D eigenvalue weighted by molar-refractivity contribution is 0.0850. The number of aliphatic hydroxyl groups is 1. The van der Waals surface area contributed by atoms with Crippen LogP contribution in [-0.2, 0) is 7.05 Å². The molecule has 1 heterocycles. The van der Waals surface area contributed by atoms with Gasteiger partial charge in [0.05, 0.1) is 6.10 Å². The highest BCUT2D eigenvalue weighted by atomic mass is 16.3. The minimum atomic E-state index is -0.564. The van der Waals surface area contributed by atoms with Gasteiger partial charge in [-0.3, -0.25) is 9.59 Å². The first-order valence-electron chi connectivity index (χ1n) is 6.08. The van der Waals surface area contributed by atoms with Gasteiger partial charge >= 0.3 is 0 Å². The van der Waals surface area contributed by atoms with Gasteiger partial charge < -0.3 is 15.0 Å². The summed E-state index contributed by atoms with van der Waals surface area (Å²) >= 11 is 0. The summed E-state index contributed by atoms with van der Waals surface area (Å²) in [6.07, 6.45) is 1.83. The van der Waals surface area contributed by atoms with Gasteiger partial charge in [-0.1, -0.05) is 20.3 Å². The predicted molar refractivity (Wildman–Crippen MR) is 69.5 cm³/mol. The van der Waals surface area contributed by atoms with Crippen LogP contribution in [0.2, 0.25) is 0 Å². The molecule has 18 heavy (non-hydrogen) atoms. The number of pyridine rings is 1. The monoisotopic (exact) mass is 252 g/mol. The van der Waals surface area contributed by atoms with Gasteiger partial charge in [-0.15, -0.1) is 0 Å². The Bertz CT molecular complexity index is 468. The molecule has 5 nitrogen and oxygen atoms in total. The molecule has 0 aliphatic heterocycles. The minimum absolute atomic E-state index is 0.133. The second kappa shape index (κ2) is 6.35. The van der Waals surface area contributed by atoms with Crippen molar-refractivity contribution in [1.82, 2.24) is 9.88 Å². The first-order chi connectivity index (χ1) is 8.45. The van der Waals surface area contributed by atoms with E-state index in [1.54, 1.807) is 19.3 Å². The lowest BCUT2D eigenvalue weighted by Gasteiger charge is -2.17. The molecule has 5 heteroatoms. The third-order valence-corrected chi connectivity index (χ3v) is 3.14. The highest BCUT2D eigenvalue weighted by molar-refractivity contribution is 5.93. The van der Waals surface area contributed by atoms with E-state index in [1.165, 1.54) is 10.6 Å². The van der Waals surface area contributed by atoms with E-state index >= 15 is 0 Å². The number of hydrogen-bond acceptors (Lipinski definition) is 3. The number of aliphatic hydroxyl groups excluding tert-OH is 1. The lowest BCUT2D eigenvalue weighted by Crippen LogP contribution is -2.35. The summed E-state index contributed by atoms with van der Waals surface area (Å²) in [6.45, 7) is 4.11. The summed E-state index contributed by atoms with van der Waals surface area (Å²) in [6, 6.07) is 2.86. The van der Waals surface area contributed by atoms with Crippen molar-refractivity contribution >= 4 is 5.91 Å². The van der Waals surface area contributed by atoms with Crippen molar-refractivity contribution in [1.29, 1.82) is 0 Å². The molecule has 0 saturated heterocycles. The highest BCUT2D eigenvalue weighted by Gasteiger charge is 2.14. The Hall–Kier alpha value is -1.62. The Balaban J connectivity index is 2.60. The Morgan fingerprint density at radius 3 is 2.78 bits per heavy atom. The van der Waals surface area contributed by atoms with Crippen LogP contribution >= 0.6 is 0 Å². The molecule has 2 N–H and O–H groups in total. The van der Waals surface area contributed by atoms with E-state index in [4.69, 9.17) is 0 Å². The molecule has 1 aromatic heterocycles. The van der Waals surface area contributed by atoms with E-state index in [2.05, 4.69) is 5.32 Å². The van der Waals surface area contributed by atoms with Gasteiger partial charge in [-0.25, -0.2) is 0 Å². The van der Waals surface area contributed by atoms with Crippen LogP contribution in [0.4, 0.5) is 0 Å². The summed E-state index contributed by atoms with van der Waals surface area (Å²) in [7, 11) is 1.62. The van der Waals surface area contributed by atoms with Crippen molar-refractivity contribution in [3.05, 3.63) is 34.2 Å². The number of hydrogen-bond donors (Lipinski definition) is 2. The largest absolute Gasteiger partial charge is 0.391 e. The van der Waals surface area contributed by atoms with Gasteiger partial charge in [0.15, 0.2) is 0 Å². The summed E-state index contributed by atoms with van der Waals surface area (Å²) in [4.78, 5) is 23.1. The normalized spacial score (nSPS) is 14.0. The first-order valence-corrected chi connectivity index (χ1v) is 6.08. The van der Waals surface area contributed by atoms with Crippen LogP contribution in [-0.4, -0.2) is 28.2 Å². The second-order valence-electron chi connectivity index (χ2n) is 4.53. The zero-order valence-corrected chi connectivity index (χ0v) is 11.0. The quantitative estimate of drug-likeness (QED) is 0.802. The van der Waals surface area contributed by atoms with Crippen molar-refractivity contribution in [2.45, 2.75) is 26.4 Å².